The molecule has 0 spiro atoms. The van der Waals surface area contributed by atoms with Gasteiger partial charge in [-0.25, -0.2) is 0 Å². The fourth-order valence-electron chi connectivity index (χ4n) is 7.76. The monoisotopic (exact) mass is 997 g/mol. The highest BCUT2D eigenvalue weighted by atomic mass is 16.6. The Morgan fingerprint density at radius 3 is 0.958 bits per heavy atom. The topological polar surface area (TPSA) is 78.9 Å². The number of hydrogen-bond acceptors (Lipinski definition) is 6. The van der Waals surface area contributed by atoms with Crippen LogP contribution >= 0.6 is 0 Å². The minimum Gasteiger partial charge on any atom is -0.462 e. The molecule has 6 nitrogen and oxygen atoms in total. The van der Waals surface area contributed by atoms with Crippen LogP contribution in [0.25, 0.3) is 0 Å². The molecule has 1 atom stereocenters. The van der Waals surface area contributed by atoms with Crippen molar-refractivity contribution in [3.05, 3.63) is 122 Å². The Labute approximate surface area is 443 Å². The second-order valence-corrected chi connectivity index (χ2v) is 19.2. The van der Waals surface area contributed by atoms with Crippen molar-refractivity contribution in [1.82, 2.24) is 0 Å². The number of carbonyl (C=O) groups excluding carboxylic acids is 3. The fraction of sp³-hybridized carbons (Fsp3) is 0.652. The van der Waals surface area contributed by atoms with E-state index < -0.39 is 6.10 Å². The average Bonchev–Trinajstić information content (AvgIpc) is 3.38. The van der Waals surface area contributed by atoms with E-state index in [9.17, 15) is 14.4 Å². The second-order valence-electron chi connectivity index (χ2n) is 19.2. The minimum absolute atomic E-state index is 0.111. The summed E-state index contributed by atoms with van der Waals surface area (Å²) >= 11 is 0. The van der Waals surface area contributed by atoms with Crippen LogP contribution in [-0.4, -0.2) is 37.2 Å². The molecule has 0 aromatic heterocycles. The van der Waals surface area contributed by atoms with Gasteiger partial charge in [0.15, 0.2) is 6.10 Å². The molecule has 0 heterocycles. The molecule has 0 rings (SSSR count). The third-order valence-electron chi connectivity index (χ3n) is 12.2. The quantitative estimate of drug-likeness (QED) is 0.0261. The first-order valence-corrected chi connectivity index (χ1v) is 29.5. The fourth-order valence-corrected chi connectivity index (χ4v) is 7.76. The van der Waals surface area contributed by atoms with Crippen molar-refractivity contribution in [2.24, 2.45) is 0 Å². The maximum atomic E-state index is 12.9. The van der Waals surface area contributed by atoms with Crippen molar-refractivity contribution in [1.29, 1.82) is 0 Å². The predicted octanol–water partition coefficient (Wildman–Crippen LogP) is 20.0. The van der Waals surface area contributed by atoms with Gasteiger partial charge >= 0.3 is 17.9 Å². The van der Waals surface area contributed by atoms with Gasteiger partial charge in [-0.2, -0.15) is 0 Å². The summed E-state index contributed by atoms with van der Waals surface area (Å²) in [4.78, 5) is 38.2. The third kappa shape index (κ3) is 56.7. The smallest absolute Gasteiger partial charge is 0.306 e. The highest BCUT2D eigenvalue weighted by molar-refractivity contribution is 5.71. The lowest BCUT2D eigenvalue weighted by atomic mass is 10.1. The van der Waals surface area contributed by atoms with Crippen LogP contribution in [0.15, 0.2) is 122 Å². The Morgan fingerprint density at radius 2 is 0.569 bits per heavy atom. The first-order valence-electron chi connectivity index (χ1n) is 29.5. The summed E-state index contributed by atoms with van der Waals surface area (Å²) < 4.78 is 16.8. The molecule has 0 radical (unpaired) electrons. The van der Waals surface area contributed by atoms with E-state index in [1.54, 1.807) is 0 Å². The molecule has 0 amide bonds. The molecule has 0 aromatic rings. The van der Waals surface area contributed by atoms with E-state index in [-0.39, 0.29) is 37.5 Å². The standard InChI is InChI=1S/C66H108O6/c1-4-7-10-13-16-19-22-25-28-31-33-36-38-41-44-47-50-53-56-59-65(68)71-62-63(61-70-64(67)58-55-52-49-46-43-40-37-34-30-27-24-21-18-15-12-9-6-3)72-66(69)60-57-54-51-48-45-42-39-35-32-29-26-23-20-17-14-11-8-5-2/h7,10,16,18-21,23,25,27-30,32-33,36,41,44,50,53,63H,4-6,8-9,11-15,17,22,24,26,31,34-35,37-40,42-43,45-49,51-52,54-62H2,1-3H3/b10-7-,19-16-,21-18-,23-20-,28-25-,30-27-,32-29-,36-33-,44-41-,53-50-. The summed E-state index contributed by atoms with van der Waals surface area (Å²) in [6, 6.07) is 0. The molecule has 0 saturated heterocycles. The molecule has 0 aliphatic heterocycles. The van der Waals surface area contributed by atoms with Gasteiger partial charge in [-0.05, 0) is 122 Å². The zero-order valence-electron chi connectivity index (χ0n) is 46.7. The normalized spacial score (nSPS) is 13.0. The van der Waals surface area contributed by atoms with E-state index in [1.807, 2.05) is 6.08 Å². The zero-order valence-corrected chi connectivity index (χ0v) is 46.7. The highest BCUT2D eigenvalue weighted by Crippen LogP contribution is 2.14. The van der Waals surface area contributed by atoms with Crippen LogP contribution in [0.2, 0.25) is 0 Å². The maximum Gasteiger partial charge on any atom is 0.306 e. The SMILES string of the molecule is CC/C=C\C/C=C\C/C=C\C/C=C\C/C=C\C/C=C\CCC(=O)OCC(COC(=O)CCCCCCCCC/C=C\C/C=C\CCCCC)OC(=O)CCCCCCCCC/C=C\C/C=C\CCCCCC. The Hall–Kier alpha value is -4.19. The van der Waals surface area contributed by atoms with Crippen LogP contribution in [0.1, 0.15) is 258 Å². The van der Waals surface area contributed by atoms with E-state index in [1.165, 1.54) is 109 Å². The van der Waals surface area contributed by atoms with Crippen LogP contribution in [0, 0.1) is 0 Å². The first kappa shape index (κ1) is 67.8. The number of ether oxygens (including phenoxy) is 3. The Bertz CT molecular complexity index is 1520. The lowest BCUT2D eigenvalue weighted by Gasteiger charge is -2.18. The Kier molecular flexibility index (Phi) is 55.9. The van der Waals surface area contributed by atoms with Gasteiger partial charge < -0.3 is 14.2 Å². The number of rotatable bonds is 52. The molecule has 408 valence electrons. The summed E-state index contributed by atoms with van der Waals surface area (Å²) in [5.41, 5.74) is 0. The van der Waals surface area contributed by atoms with Gasteiger partial charge in [0.1, 0.15) is 13.2 Å². The summed E-state index contributed by atoms with van der Waals surface area (Å²) in [5, 5.41) is 0. The van der Waals surface area contributed by atoms with Crippen molar-refractivity contribution in [3.8, 4) is 0 Å². The molecule has 1 unspecified atom stereocenters. The van der Waals surface area contributed by atoms with Gasteiger partial charge in [0, 0.05) is 19.3 Å². The molecule has 0 aliphatic carbocycles. The van der Waals surface area contributed by atoms with Crippen LogP contribution < -0.4 is 0 Å². The van der Waals surface area contributed by atoms with Crippen LogP contribution in [-0.2, 0) is 28.6 Å². The highest BCUT2D eigenvalue weighted by Gasteiger charge is 2.19. The zero-order chi connectivity index (χ0) is 52.2. The summed E-state index contributed by atoms with van der Waals surface area (Å²) in [6.07, 6.45) is 81.9. The molecular formula is C66H108O6. The average molecular weight is 998 g/mol. The largest absolute Gasteiger partial charge is 0.462 e. The van der Waals surface area contributed by atoms with E-state index in [4.69, 9.17) is 14.2 Å². The number of carbonyl (C=O) groups is 3. The van der Waals surface area contributed by atoms with Gasteiger partial charge in [0.05, 0.1) is 0 Å². The molecule has 0 N–H and O–H groups in total. The summed E-state index contributed by atoms with van der Waals surface area (Å²) in [7, 11) is 0. The molecule has 6 heteroatoms. The molecule has 0 saturated carbocycles. The predicted molar refractivity (Wildman–Crippen MR) is 311 cm³/mol. The Balaban J connectivity index is 4.54. The third-order valence-corrected chi connectivity index (χ3v) is 12.2. The van der Waals surface area contributed by atoms with E-state index in [0.29, 0.717) is 19.3 Å². The lowest BCUT2D eigenvalue weighted by Crippen LogP contribution is -2.30. The van der Waals surface area contributed by atoms with Crippen molar-refractivity contribution in [3.63, 3.8) is 0 Å². The number of unbranched alkanes of at least 4 members (excludes halogenated alkanes) is 21. The summed E-state index contributed by atoms with van der Waals surface area (Å²) in [5.74, 6) is -1.01. The van der Waals surface area contributed by atoms with Gasteiger partial charge in [0.2, 0.25) is 0 Å². The molecular weight excluding hydrogens is 889 g/mol. The first-order chi connectivity index (χ1) is 35.5. The van der Waals surface area contributed by atoms with Crippen molar-refractivity contribution in [2.75, 3.05) is 13.2 Å². The number of allylic oxidation sites excluding steroid dienone is 20. The van der Waals surface area contributed by atoms with Gasteiger partial charge in [-0.15, -0.1) is 0 Å². The maximum absolute atomic E-state index is 12.9. The lowest BCUT2D eigenvalue weighted by molar-refractivity contribution is -0.166. The van der Waals surface area contributed by atoms with E-state index >= 15 is 0 Å². The molecule has 0 bridgehead atoms. The van der Waals surface area contributed by atoms with Crippen molar-refractivity contribution < 1.29 is 28.6 Å². The minimum atomic E-state index is -0.821. The number of esters is 3. The summed E-state index contributed by atoms with van der Waals surface area (Å²) in [6.45, 7) is 6.41. The van der Waals surface area contributed by atoms with Crippen LogP contribution in [0.5, 0.6) is 0 Å². The van der Waals surface area contributed by atoms with Crippen molar-refractivity contribution >= 4 is 17.9 Å². The molecule has 0 aliphatic rings. The molecule has 0 aromatic carbocycles. The van der Waals surface area contributed by atoms with Crippen LogP contribution in [0.3, 0.4) is 0 Å². The van der Waals surface area contributed by atoms with Crippen molar-refractivity contribution in [2.45, 2.75) is 264 Å². The number of hydrogen-bond donors (Lipinski definition) is 0. The van der Waals surface area contributed by atoms with Crippen LogP contribution in [0.4, 0.5) is 0 Å². The Morgan fingerprint density at radius 1 is 0.292 bits per heavy atom. The van der Waals surface area contributed by atoms with E-state index in [0.717, 1.165) is 103 Å². The molecule has 72 heavy (non-hydrogen) atoms. The van der Waals surface area contributed by atoms with Gasteiger partial charge in [-0.3, -0.25) is 14.4 Å². The second kappa shape index (κ2) is 59.4. The molecule has 0 fully saturated rings. The van der Waals surface area contributed by atoms with Gasteiger partial charge in [-0.1, -0.05) is 239 Å². The van der Waals surface area contributed by atoms with E-state index in [2.05, 4.69) is 136 Å². The van der Waals surface area contributed by atoms with Gasteiger partial charge in [0.25, 0.3) is 0 Å².